The maximum Gasteiger partial charge on any atom is 0.416 e. The minimum atomic E-state index is -4.76. The minimum Gasteiger partial charge on any atom is -0.368 e. The summed E-state index contributed by atoms with van der Waals surface area (Å²) < 4.78 is 92.8. The van der Waals surface area contributed by atoms with E-state index in [1.54, 1.807) is 0 Å². The smallest absolute Gasteiger partial charge is 0.368 e. The largest absolute Gasteiger partial charge is 0.416 e. The molecule has 3 N–H and O–H groups in total. The molecule has 1 saturated carbocycles. The Bertz CT molecular complexity index is 1170. The maximum absolute atomic E-state index is 14.9. The number of alkyl halides is 6. The van der Waals surface area contributed by atoms with E-state index in [1.165, 1.54) is 17.0 Å². The number of nitrogens with zero attached hydrogens (tertiary/aromatic N) is 1. The number of benzene rings is 2. The highest BCUT2D eigenvalue weighted by molar-refractivity contribution is 5.95. The van der Waals surface area contributed by atoms with Crippen LogP contribution < -0.4 is 11.1 Å². The van der Waals surface area contributed by atoms with Crippen molar-refractivity contribution in [2.24, 2.45) is 5.73 Å². The third-order valence-corrected chi connectivity index (χ3v) is 7.01. The van der Waals surface area contributed by atoms with Crippen LogP contribution in [-0.4, -0.2) is 41.9 Å². The second-order valence-electron chi connectivity index (χ2n) is 9.45. The standard InChI is InChI=1S/C25H24F7N3O2/c26-19-12-16(25(30,31)32)5-6-18(19)23(8-9-23)22(37)35(17-7-10-34-13-17)20(21(33)36)11-14-1-3-15(4-2-14)24(27,28)29/h1-6,12,17,20,34H,7-11,13H2,(H2,33,36)/t17-,20-/m0/s1. The molecule has 12 heteroatoms. The number of hydrogen-bond acceptors (Lipinski definition) is 3. The van der Waals surface area contributed by atoms with Crippen molar-refractivity contribution >= 4 is 11.8 Å². The molecule has 1 aliphatic carbocycles. The molecule has 0 aromatic heterocycles. The molecule has 2 amide bonds. The predicted octanol–water partition coefficient (Wildman–Crippen LogP) is 4.18. The van der Waals surface area contributed by atoms with Gasteiger partial charge in [0.2, 0.25) is 11.8 Å². The molecular formula is C25H24F7N3O2. The molecule has 4 rings (SSSR count). The van der Waals surface area contributed by atoms with Crippen LogP contribution in [0.3, 0.4) is 0 Å². The Morgan fingerprint density at radius 3 is 2.05 bits per heavy atom. The zero-order chi connectivity index (χ0) is 27.2. The van der Waals surface area contributed by atoms with Crippen LogP contribution >= 0.6 is 0 Å². The molecule has 0 bridgehead atoms. The molecule has 0 spiro atoms. The van der Waals surface area contributed by atoms with E-state index in [4.69, 9.17) is 5.73 Å². The summed E-state index contributed by atoms with van der Waals surface area (Å²) in [6, 6.07) is 4.32. The second kappa shape index (κ2) is 9.62. The molecule has 0 radical (unpaired) electrons. The van der Waals surface area contributed by atoms with Crippen molar-refractivity contribution in [2.45, 2.75) is 55.5 Å². The summed E-state index contributed by atoms with van der Waals surface area (Å²) in [5.41, 5.74) is 2.27. The fourth-order valence-electron chi connectivity index (χ4n) is 4.88. The monoisotopic (exact) mass is 531 g/mol. The van der Waals surface area contributed by atoms with E-state index in [2.05, 4.69) is 5.32 Å². The highest BCUT2D eigenvalue weighted by atomic mass is 19.4. The molecule has 2 aromatic rings. The summed E-state index contributed by atoms with van der Waals surface area (Å²) in [5.74, 6) is -2.72. The molecule has 2 atom stereocenters. The molecule has 2 aliphatic rings. The van der Waals surface area contributed by atoms with Crippen LogP contribution in [0.5, 0.6) is 0 Å². The van der Waals surface area contributed by atoms with E-state index in [9.17, 15) is 40.3 Å². The Labute approximate surface area is 207 Å². The Morgan fingerprint density at radius 2 is 1.59 bits per heavy atom. The highest BCUT2D eigenvalue weighted by Gasteiger charge is 2.57. The highest BCUT2D eigenvalue weighted by Crippen LogP contribution is 2.51. The molecule has 2 aromatic carbocycles. The molecule has 1 aliphatic heterocycles. The van der Waals surface area contributed by atoms with E-state index in [0.29, 0.717) is 37.2 Å². The molecule has 1 heterocycles. The molecule has 0 unspecified atom stereocenters. The van der Waals surface area contributed by atoms with E-state index in [-0.39, 0.29) is 24.8 Å². The average molecular weight is 531 g/mol. The van der Waals surface area contributed by atoms with Crippen molar-refractivity contribution < 1.29 is 40.3 Å². The molecule has 2 fully saturated rings. The number of carbonyl (C=O) groups excluding carboxylic acids is 2. The second-order valence-corrected chi connectivity index (χ2v) is 9.45. The van der Waals surface area contributed by atoms with Gasteiger partial charge >= 0.3 is 12.4 Å². The Hall–Kier alpha value is -3.15. The summed E-state index contributed by atoms with van der Waals surface area (Å²) in [6.45, 7) is 0.815. The normalized spacial score (nSPS) is 19.9. The first-order valence-electron chi connectivity index (χ1n) is 11.6. The number of hydrogen-bond donors (Lipinski definition) is 2. The lowest BCUT2D eigenvalue weighted by atomic mass is 9.90. The van der Waals surface area contributed by atoms with Crippen molar-refractivity contribution in [3.63, 3.8) is 0 Å². The van der Waals surface area contributed by atoms with Gasteiger partial charge in [-0.3, -0.25) is 9.59 Å². The fraction of sp³-hybridized carbons (Fsp3) is 0.440. The van der Waals surface area contributed by atoms with Gasteiger partial charge in [-0.05, 0) is 55.6 Å². The van der Waals surface area contributed by atoms with Crippen molar-refractivity contribution in [2.75, 3.05) is 13.1 Å². The van der Waals surface area contributed by atoms with Crippen molar-refractivity contribution in [1.82, 2.24) is 10.2 Å². The number of halogens is 7. The van der Waals surface area contributed by atoms with Gasteiger partial charge in [0.05, 0.1) is 16.5 Å². The van der Waals surface area contributed by atoms with Gasteiger partial charge in [-0.15, -0.1) is 0 Å². The van der Waals surface area contributed by atoms with Crippen LogP contribution in [0.2, 0.25) is 0 Å². The molecule has 37 heavy (non-hydrogen) atoms. The van der Waals surface area contributed by atoms with Crippen LogP contribution in [-0.2, 0) is 33.8 Å². The Balaban J connectivity index is 1.68. The molecule has 1 saturated heterocycles. The van der Waals surface area contributed by atoms with Crippen LogP contribution in [0.25, 0.3) is 0 Å². The van der Waals surface area contributed by atoms with E-state index in [0.717, 1.165) is 18.2 Å². The number of nitrogens with two attached hydrogens (primary N) is 1. The molecule has 5 nitrogen and oxygen atoms in total. The van der Waals surface area contributed by atoms with Crippen molar-refractivity contribution in [1.29, 1.82) is 0 Å². The zero-order valence-electron chi connectivity index (χ0n) is 19.4. The first-order valence-corrected chi connectivity index (χ1v) is 11.6. The molecular weight excluding hydrogens is 507 g/mol. The summed E-state index contributed by atoms with van der Waals surface area (Å²) >= 11 is 0. The number of nitrogens with one attached hydrogen (secondary N) is 1. The quantitative estimate of drug-likeness (QED) is 0.527. The van der Waals surface area contributed by atoms with E-state index < -0.39 is 58.6 Å². The average Bonchev–Trinajstić information content (AvgIpc) is 3.44. The summed E-state index contributed by atoms with van der Waals surface area (Å²) in [7, 11) is 0. The van der Waals surface area contributed by atoms with Crippen LogP contribution in [0.1, 0.15) is 41.5 Å². The number of carbonyl (C=O) groups is 2. The zero-order valence-corrected chi connectivity index (χ0v) is 19.4. The maximum atomic E-state index is 14.9. The van der Waals surface area contributed by atoms with Gasteiger partial charge in [0, 0.05) is 24.6 Å². The van der Waals surface area contributed by atoms with Crippen LogP contribution in [0, 0.1) is 5.82 Å². The summed E-state index contributed by atoms with van der Waals surface area (Å²) in [4.78, 5) is 27.7. The van der Waals surface area contributed by atoms with Gasteiger partial charge in [0.25, 0.3) is 0 Å². The minimum absolute atomic E-state index is 0.163. The fourth-order valence-corrected chi connectivity index (χ4v) is 4.88. The summed E-state index contributed by atoms with van der Waals surface area (Å²) in [6.07, 6.45) is -8.73. The van der Waals surface area contributed by atoms with Crippen LogP contribution in [0.15, 0.2) is 42.5 Å². The van der Waals surface area contributed by atoms with Gasteiger partial charge in [-0.25, -0.2) is 4.39 Å². The lowest BCUT2D eigenvalue weighted by Crippen LogP contribution is -2.57. The first-order chi connectivity index (χ1) is 17.2. The number of primary amides is 1. The van der Waals surface area contributed by atoms with Gasteiger partial charge in [0.15, 0.2) is 0 Å². The molecule has 200 valence electrons. The lowest BCUT2D eigenvalue weighted by molar-refractivity contribution is -0.144. The topological polar surface area (TPSA) is 75.4 Å². The van der Waals surface area contributed by atoms with Crippen molar-refractivity contribution in [3.8, 4) is 0 Å². The Kier molecular flexibility index (Phi) is 7.00. The van der Waals surface area contributed by atoms with E-state index in [1.807, 2.05) is 0 Å². The van der Waals surface area contributed by atoms with Crippen molar-refractivity contribution in [3.05, 3.63) is 70.5 Å². The van der Waals surface area contributed by atoms with Gasteiger partial charge in [-0.2, -0.15) is 26.3 Å². The van der Waals surface area contributed by atoms with Gasteiger partial charge < -0.3 is 16.0 Å². The Morgan fingerprint density at radius 1 is 1.00 bits per heavy atom. The lowest BCUT2D eigenvalue weighted by Gasteiger charge is -2.37. The number of rotatable bonds is 7. The third kappa shape index (κ3) is 5.43. The predicted molar refractivity (Wildman–Crippen MR) is 119 cm³/mol. The van der Waals surface area contributed by atoms with Gasteiger partial charge in [0.1, 0.15) is 11.9 Å². The SMILES string of the molecule is NC(=O)[C@H](Cc1ccc(C(F)(F)F)cc1)N(C(=O)C1(c2ccc(C(F)(F)F)cc2F)CC1)[C@H]1CCNC1. The third-order valence-electron chi connectivity index (χ3n) is 7.01. The first kappa shape index (κ1) is 26.9. The van der Waals surface area contributed by atoms with E-state index >= 15 is 0 Å². The van der Waals surface area contributed by atoms with Crippen LogP contribution in [0.4, 0.5) is 30.7 Å². The number of amides is 2. The van der Waals surface area contributed by atoms with Gasteiger partial charge in [-0.1, -0.05) is 18.2 Å². The summed E-state index contributed by atoms with van der Waals surface area (Å²) in [5, 5.41) is 3.07.